The largest absolute Gasteiger partial charge is 0.467 e. The molecule has 0 saturated carbocycles. The Kier molecular flexibility index (Phi) is 6.24. The molecule has 0 fully saturated rings. The maximum Gasteiger partial charge on any atom is 0.328 e. The normalized spacial score (nSPS) is 11.7. The van der Waals surface area contributed by atoms with Crippen LogP contribution in [0.2, 0.25) is 0 Å². The molecule has 2 aromatic carbocycles. The van der Waals surface area contributed by atoms with Crippen molar-refractivity contribution < 1.29 is 23.1 Å². The summed E-state index contributed by atoms with van der Waals surface area (Å²) in [6.45, 7) is 0. The van der Waals surface area contributed by atoms with Crippen LogP contribution in [0.1, 0.15) is 15.9 Å². The van der Waals surface area contributed by atoms with E-state index >= 15 is 0 Å². The molecular formula is C17H14F2INO3. The van der Waals surface area contributed by atoms with Crippen LogP contribution in [0, 0.1) is 15.2 Å². The Morgan fingerprint density at radius 3 is 2.38 bits per heavy atom. The van der Waals surface area contributed by atoms with Crippen LogP contribution in [0.4, 0.5) is 8.78 Å². The zero-order valence-electron chi connectivity index (χ0n) is 12.7. The number of ether oxygens (including phenoxy) is 1. The fourth-order valence-corrected chi connectivity index (χ4v) is 2.75. The molecule has 0 aliphatic rings. The van der Waals surface area contributed by atoms with Gasteiger partial charge in [-0.2, -0.15) is 0 Å². The van der Waals surface area contributed by atoms with E-state index in [1.165, 1.54) is 7.11 Å². The molecule has 0 bridgehead atoms. The summed E-state index contributed by atoms with van der Waals surface area (Å²) < 4.78 is 32.1. The van der Waals surface area contributed by atoms with Gasteiger partial charge in [-0.25, -0.2) is 13.6 Å². The molecule has 0 radical (unpaired) electrons. The quantitative estimate of drug-likeness (QED) is 0.569. The van der Waals surface area contributed by atoms with E-state index in [-0.39, 0.29) is 12.0 Å². The molecule has 0 spiro atoms. The van der Waals surface area contributed by atoms with Gasteiger partial charge < -0.3 is 10.1 Å². The molecule has 24 heavy (non-hydrogen) atoms. The number of amides is 1. The van der Waals surface area contributed by atoms with Gasteiger partial charge in [0.15, 0.2) is 0 Å². The predicted octanol–water partition coefficient (Wildman–Crippen LogP) is 3.08. The molecule has 1 N–H and O–H groups in total. The van der Waals surface area contributed by atoms with Gasteiger partial charge >= 0.3 is 5.97 Å². The lowest BCUT2D eigenvalue weighted by Crippen LogP contribution is -2.43. The van der Waals surface area contributed by atoms with Gasteiger partial charge in [-0.05, 0) is 46.4 Å². The highest BCUT2D eigenvalue weighted by atomic mass is 127. The van der Waals surface area contributed by atoms with Crippen molar-refractivity contribution in [2.45, 2.75) is 12.5 Å². The van der Waals surface area contributed by atoms with Crippen molar-refractivity contribution in [1.29, 1.82) is 0 Å². The second kappa shape index (κ2) is 8.18. The van der Waals surface area contributed by atoms with Crippen LogP contribution < -0.4 is 5.32 Å². The third-order valence-corrected chi connectivity index (χ3v) is 4.35. The van der Waals surface area contributed by atoms with Gasteiger partial charge in [0.05, 0.1) is 7.11 Å². The van der Waals surface area contributed by atoms with E-state index in [4.69, 9.17) is 4.74 Å². The topological polar surface area (TPSA) is 55.4 Å². The van der Waals surface area contributed by atoms with E-state index in [9.17, 15) is 18.4 Å². The minimum atomic E-state index is -0.968. The Bertz CT molecular complexity index is 747. The summed E-state index contributed by atoms with van der Waals surface area (Å²) in [6.07, 6.45) is 0.204. The number of carbonyl (C=O) groups is 2. The van der Waals surface area contributed by atoms with Crippen molar-refractivity contribution in [2.24, 2.45) is 0 Å². The fraction of sp³-hybridized carbons (Fsp3) is 0.176. The number of esters is 1. The van der Waals surface area contributed by atoms with Crippen LogP contribution in [0.3, 0.4) is 0 Å². The molecule has 1 amide bonds. The van der Waals surface area contributed by atoms with Crippen molar-refractivity contribution in [1.82, 2.24) is 5.32 Å². The number of nitrogens with one attached hydrogen (secondary N) is 1. The highest BCUT2D eigenvalue weighted by molar-refractivity contribution is 14.1. The molecule has 0 aromatic heterocycles. The number of hydrogen-bond donors (Lipinski definition) is 1. The minimum absolute atomic E-state index is 0.204. The fourth-order valence-electron chi connectivity index (χ4n) is 2.15. The van der Waals surface area contributed by atoms with E-state index < -0.39 is 29.6 Å². The highest BCUT2D eigenvalue weighted by Gasteiger charge is 2.23. The molecule has 7 heteroatoms. The highest BCUT2D eigenvalue weighted by Crippen LogP contribution is 2.15. The maximum absolute atomic E-state index is 13.2. The lowest BCUT2D eigenvalue weighted by molar-refractivity contribution is -0.142. The Balaban J connectivity index is 2.21. The van der Waals surface area contributed by atoms with Crippen LogP contribution in [-0.4, -0.2) is 25.0 Å². The first kappa shape index (κ1) is 18.3. The SMILES string of the molecule is COC(=O)[C@H](Cc1ccccc1I)NC(=O)c1cc(F)cc(F)c1. The molecule has 2 aromatic rings. The first-order valence-corrected chi connectivity index (χ1v) is 8.06. The summed E-state index contributed by atoms with van der Waals surface area (Å²) >= 11 is 2.12. The summed E-state index contributed by atoms with van der Waals surface area (Å²) in [4.78, 5) is 24.1. The van der Waals surface area contributed by atoms with Crippen molar-refractivity contribution in [2.75, 3.05) is 7.11 Å². The first-order valence-electron chi connectivity index (χ1n) is 6.99. The second-order valence-electron chi connectivity index (χ2n) is 5.00. The summed E-state index contributed by atoms with van der Waals surface area (Å²) in [5, 5.41) is 2.46. The molecule has 2 rings (SSSR count). The Hall–Kier alpha value is -2.03. The Morgan fingerprint density at radius 1 is 1.17 bits per heavy atom. The molecule has 0 saturated heterocycles. The number of rotatable bonds is 5. The molecular weight excluding hydrogens is 431 g/mol. The number of benzene rings is 2. The zero-order valence-corrected chi connectivity index (χ0v) is 14.8. The van der Waals surface area contributed by atoms with Crippen molar-refractivity contribution in [3.63, 3.8) is 0 Å². The zero-order chi connectivity index (χ0) is 17.7. The van der Waals surface area contributed by atoms with E-state index in [1.54, 1.807) is 0 Å². The van der Waals surface area contributed by atoms with Gasteiger partial charge in [-0.15, -0.1) is 0 Å². The molecule has 126 valence electrons. The molecule has 0 heterocycles. The van der Waals surface area contributed by atoms with Gasteiger partial charge in [0.25, 0.3) is 5.91 Å². The van der Waals surface area contributed by atoms with Gasteiger partial charge in [-0.1, -0.05) is 18.2 Å². The average Bonchev–Trinajstić information content (AvgIpc) is 2.54. The average molecular weight is 445 g/mol. The van der Waals surface area contributed by atoms with E-state index in [0.29, 0.717) is 6.07 Å². The van der Waals surface area contributed by atoms with Gasteiger partial charge in [0.1, 0.15) is 17.7 Å². The smallest absolute Gasteiger partial charge is 0.328 e. The Labute approximate surface area is 151 Å². The summed E-state index contributed by atoms with van der Waals surface area (Å²) in [5.74, 6) is -3.13. The lowest BCUT2D eigenvalue weighted by atomic mass is 10.1. The van der Waals surface area contributed by atoms with Crippen molar-refractivity contribution >= 4 is 34.5 Å². The Morgan fingerprint density at radius 2 is 1.79 bits per heavy atom. The van der Waals surface area contributed by atoms with Crippen molar-refractivity contribution in [3.05, 3.63) is 68.8 Å². The molecule has 4 nitrogen and oxygen atoms in total. The standard InChI is InChI=1S/C17H14F2INO3/c1-24-17(23)15(8-10-4-2-3-5-14(10)20)21-16(22)11-6-12(18)9-13(19)7-11/h2-7,9,15H,8H2,1H3,(H,21,22)/t15-/m0/s1. The van der Waals surface area contributed by atoms with E-state index in [0.717, 1.165) is 21.3 Å². The number of methoxy groups -OCH3 is 1. The third-order valence-electron chi connectivity index (χ3n) is 3.30. The molecule has 0 aliphatic heterocycles. The first-order chi connectivity index (χ1) is 11.4. The van der Waals surface area contributed by atoms with E-state index in [1.807, 2.05) is 24.3 Å². The van der Waals surface area contributed by atoms with Crippen LogP contribution in [0.25, 0.3) is 0 Å². The minimum Gasteiger partial charge on any atom is -0.467 e. The number of carbonyl (C=O) groups excluding carboxylic acids is 2. The van der Waals surface area contributed by atoms with Crippen LogP contribution in [0.5, 0.6) is 0 Å². The number of hydrogen-bond acceptors (Lipinski definition) is 3. The molecule has 0 unspecified atom stereocenters. The predicted molar refractivity (Wildman–Crippen MR) is 92.5 cm³/mol. The van der Waals surface area contributed by atoms with Gasteiger partial charge in [0.2, 0.25) is 0 Å². The third kappa shape index (κ3) is 4.73. The van der Waals surface area contributed by atoms with Crippen molar-refractivity contribution in [3.8, 4) is 0 Å². The molecule has 0 aliphatic carbocycles. The van der Waals surface area contributed by atoms with E-state index in [2.05, 4.69) is 27.9 Å². The summed E-state index contributed by atoms with van der Waals surface area (Å²) in [7, 11) is 1.21. The van der Waals surface area contributed by atoms with Gasteiger partial charge in [0, 0.05) is 21.6 Å². The van der Waals surface area contributed by atoms with Crippen LogP contribution >= 0.6 is 22.6 Å². The molecule has 1 atom stereocenters. The summed E-state index contributed by atoms with van der Waals surface area (Å²) in [6, 6.07) is 8.87. The summed E-state index contributed by atoms with van der Waals surface area (Å²) in [5.41, 5.74) is 0.642. The lowest BCUT2D eigenvalue weighted by Gasteiger charge is -2.17. The number of halogens is 3. The van der Waals surface area contributed by atoms with Crippen LogP contribution in [-0.2, 0) is 16.0 Å². The second-order valence-corrected chi connectivity index (χ2v) is 6.17. The maximum atomic E-state index is 13.2. The monoisotopic (exact) mass is 445 g/mol. The van der Waals surface area contributed by atoms with Crippen LogP contribution in [0.15, 0.2) is 42.5 Å². The van der Waals surface area contributed by atoms with Gasteiger partial charge in [-0.3, -0.25) is 4.79 Å².